The van der Waals surface area contributed by atoms with Crippen LogP contribution in [-0.4, -0.2) is 22.5 Å². The van der Waals surface area contributed by atoms with E-state index in [4.69, 9.17) is 9.25 Å². The lowest BCUT2D eigenvalue weighted by molar-refractivity contribution is -0.106. The van der Waals surface area contributed by atoms with E-state index in [9.17, 15) is 4.79 Å². The van der Waals surface area contributed by atoms with Crippen molar-refractivity contribution in [1.82, 2.24) is 10.4 Å². The first-order chi connectivity index (χ1) is 11.3. The molecule has 6 heteroatoms. The molecule has 118 valence electrons. The number of amides is 1. The predicted octanol–water partition coefficient (Wildman–Crippen LogP) is 2.89. The van der Waals surface area contributed by atoms with Crippen molar-refractivity contribution in [2.75, 3.05) is 0 Å². The van der Waals surface area contributed by atoms with Gasteiger partial charge in [-0.3, -0.25) is 10.2 Å². The molecule has 0 saturated heterocycles. The Morgan fingerprint density at radius 2 is 1.91 bits per heavy atom. The number of hydrazine groups is 1. The highest BCUT2D eigenvalue weighted by molar-refractivity contribution is 6.01. The molecule has 1 aliphatic carbocycles. The molecule has 23 heavy (non-hydrogen) atoms. The standard InChI is InChI=1S/C17H17N3O3/c21-16(14-9-6-12-22-14)18-20-15(13-7-2-1-3-8-13)19-23-17(20)10-4-5-11-17/h1-3,6-9,12H,4-5,10-11H2,(H,18,21). The molecular weight excluding hydrogens is 294 g/mol. The molecule has 1 N–H and O–H groups in total. The number of hydrogen-bond donors (Lipinski definition) is 1. The number of carbonyl (C=O) groups is 1. The summed E-state index contributed by atoms with van der Waals surface area (Å²) in [6.45, 7) is 0. The Morgan fingerprint density at radius 3 is 2.61 bits per heavy atom. The van der Waals surface area contributed by atoms with Crippen molar-refractivity contribution in [2.24, 2.45) is 5.16 Å². The third kappa shape index (κ3) is 2.36. The largest absolute Gasteiger partial charge is 0.459 e. The maximum absolute atomic E-state index is 12.4. The molecule has 0 atom stereocenters. The van der Waals surface area contributed by atoms with Crippen LogP contribution in [0.3, 0.4) is 0 Å². The van der Waals surface area contributed by atoms with Gasteiger partial charge in [-0.2, -0.15) is 0 Å². The van der Waals surface area contributed by atoms with Crippen LogP contribution in [0.2, 0.25) is 0 Å². The number of amidine groups is 1. The van der Waals surface area contributed by atoms with Crippen molar-refractivity contribution in [1.29, 1.82) is 0 Å². The quantitative estimate of drug-likeness (QED) is 0.946. The highest BCUT2D eigenvalue weighted by Gasteiger charge is 2.49. The van der Waals surface area contributed by atoms with E-state index in [0.29, 0.717) is 5.84 Å². The lowest BCUT2D eigenvalue weighted by atomic mass is 10.1. The van der Waals surface area contributed by atoms with E-state index in [2.05, 4.69) is 10.6 Å². The number of benzene rings is 1. The fourth-order valence-electron chi connectivity index (χ4n) is 3.13. The van der Waals surface area contributed by atoms with E-state index in [1.54, 1.807) is 17.1 Å². The van der Waals surface area contributed by atoms with Gasteiger partial charge in [-0.1, -0.05) is 35.5 Å². The number of oxime groups is 1. The summed E-state index contributed by atoms with van der Waals surface area (Å²) in [5.74, 6) is 0.570. The molecule has 0 unspecified atom stereocenters. The van der Waals surface area contributed by atoms with E-state index < -0.39 is 5.72 Å². The minimum absolute atomic E-state index is 0.262. The van der Waals surface area contributed by atoms with Crippen LogP contribution < -0.4 is 5.43 Å². The van der Waals surface area contributed by atoms with Crippen molar-refractivity contribution in [3.05, 3.63) is 60.1 Å². The second-order valence-corrected chi connectivity index (χ2v) is 5.78. The first-order valence-corrected chi connectivity index (χ1v) is 7.75. The van der Waals surface area contributed by atoms with E-state index in [1.165, 1.54) is 6.26 Å². The van der Waals surface area contributed by atoms with Gasteiger partial charge in [0, 0.05) is 18.4 Å². The Balaban J connectivity index is 1.65. The summed E-state index contributed by atoms with van der Waals surface area (Å²) < 4.78 is 5.18. The first-order valence-electron chi connectivity index (χ1n) is 7.75. The van der Waals surface area contributed by atoms with Gasteiger partial charge in [0.05, 0.1) is 6.26 Å². The first kappa shape index (κ1) is 13.9. The van der Waals surface area contributed by atoms with E-state index in [0.717, 1.165) is 31.2 Å². The molecule has 2 aromatic rings. The van der Waals surface area contributed by atoms with Gasteiger partial charge in [0.2, 0.25) is 5.72 Å². The van der Waals surface area contributed by atoms with Crippen LogP contribution in [0.1, 0.15) is 41.8 Å². The minimum atomic E-state index is -0.590. The lowest BCUT2D eigenvalue weighted by Crippen LogP contribution is -2.56. The Hall–Kier alpha value is -2.76. The van der Waals surface area contributed by atoms with Gasteiger partial charge in [0.1, 0.15) is 0 Å². The molecule has 1 aromatic carbocycles. The second-order valence-electron chi connectivity index (χ2n) is 5.78. The zero-order chi connectivity index (χ0) is 15.7. The number of carbonyl (C=O) groups excluding carboxylic acids is 1. The number of rotatable bonds is 3. The van der Waals surface area contributed by atoms with Gasteiger partial charge in [0.15, 0.2) is 11.6 Å². The average Bonchev–Trinajstić information content (AvgIpc) is 3.32. The van der Waals surface area contributed by atoms with Gasteiger partial charge < -0.3 is 9.25 Å². The monoisotopic (exact) mass is 311 g/mol. The normalized spacial score (nSPS) is 18.8. The third-order valence-corrected chi connectivity index (χ3v) is 4.30. The molecule has 0 radical (unpaired) electrons. The van der Waals surface area contributed by atoms with Gasteiger partial charge >= 0.3 is 5.91 Å². The Labute approximate surface area is 133 Å². The van der Waals surface area contributed by atoms with Crippen molar-refractivity contribution < 1.29 is 14.0 Å². The number of nitrogens with one attached hydrogen (secondary N) is 1. The predicted molar refractivity (Wildman–Crippen MR) is 83.3 cm³/mol. The van der Waals surface area contributed by atoms with Crippen molar-refractivity contribution in [2.45, 2.75) is 31.4 Å². The average molecular weight is 311 g/mol. The molecule has 1 amide bonds. The molecule has 1 spiro atoms. The Morgan fingerprint density at radius 1 is 1.13 bits per heavy atom. The second kappa shape index (κ2) is 5.46. The molecular formula is C17H17N3O3. The van der Waals surface area contributed by atoms with E-state index in [-0.39, 0.29) is 11.7 Å². The third-order valence-electron chi connectivity index (χ3n) is 4.30. The fraction of sp³-hybridized carbons (Fsp3) is 0.294. The molecule has 2 heterocycles. The van der Waals surface area contributed by atoms with Gasteiger partial charge in [-0.05, 0) is 25.0 Å². The Bertz CT molecular complexity index is 719. The van der Waals surface area contributed by atoms with Crippen LogP contribution in [-0.2, 0) is 4.84 Å². The lowest BCUT2D eigenvalue weighted by Gasteiger charge is -2.33. The SMILES string of the molecule is O=C(NN1C(c2ccccc2)=NOC12CCCC2)c1ccco1. The molecule has 6 nitrogen and oxygen atoms in total. The van der Waals surface area contributed by atoms with Crippen LogP contribution in [0.25, 0.3) is 0 Å². The maximum atomic E-state index is 12.4. The summed E-state index contributed by atoms with van der Waals surface area (Å²) in [7, 11) is 0. The summed E-state index contributed by atoms with van der Waals surface area (Å²) in [5, 5.41) is 6.02. The summed E-state index contributed by atoms with van der Waals surface area (Å²) in [6, 6.07) is 13.0. The molecule has 1 aromatic heterocycles. The molecule has 1 aliphatic heterocycles. The zero-order valence-electron chi connectivity index (χ0n) is 12.6. The van der Waals surface area contributed by atoms with E-state index >= 15 is 0 Å². The fourth-order valence-corrected chi connectivity index (χ4v) is 3.13. The van der Waals surface area contributed by atoms with Gasteiger partial charge in [-0.25, -0.2) is 5.01 Å². The summed E-state index contributed by atoms with van der Waals surface area (Å²) in [6.07, 6.45) is 5.22. The topological polar surface area (TPSA) is 67.1 Å². The molecule has 1 fully saturated rings. The van der Waals surface area contributed by atoms with Crippen LogP contribution in [0.4, 0.5) is 0 Å². The highest BCUT2D eigenvalue weighted by atomic mass is 16.7. The van der Waals surface area contributed by atoms with Gasteiger partial charge in [-0.15, -0.1) is 0 Å². The summed E-state index contributed by atoms with van der Waals surface area (Å²) >= 11 is 0. The number of hydrogen-bond acceptors (Lipinski definition) is 5. The number of furan rings is 1. The van der Waals surface area contributed by atoms with Crippen LogP contribution in [0.15, 0.2) is 58.3 Å². The molecule has 2 aliphatic rings. The van der Waals surface area contributed by atoms with Crippen LogP contribution >= 0.6 is 0 Å². The van der Waals surface area contributed by atoms with Crippen molar-refractivity contribution >= 4 is 11.7 Å². The van der Waals surface area contributed by atoms with Gasteiger partial charge in [0.25, 0.3) is 0 Å². The number of nitrogens with zero attached hydrogens (tertiary/aromatic N) is 2. The maximum Gasteiger partial charge on any atom is 0.305 e. The molecule has 4 rings (SSSR count). The van der Waals surface area contributed by atoms with Crippen molar-refractivity contribution in [3.63, 3.8) is 0 Å². The Kier molecular flexibility index (Phi) is 3.29. The highest BCUT2D eigenvalue weighted by Crippen LogP contribution is 2.40. The zero-order valence-corrected chi connectivity index (χ0v) is 12.6. The molecule has 1 saturated carbocycles. The van der Waals surface area contributed by atoms with Crippen molar-refractivity contribution in [3.8, 4) is 0 Å². The van der Waals surface area contributed by atoms with Crippen LogP contribution in [0.5, 0.6) is 0 Å². The smallest absolute Gasteiger partial charge is 0.305 e. The summed E-state index contributed by atoms with van der Waals surface area (Å²) in [4.78, 5) is 18.2. The molecule has 0 bridgehead atoms. The van der Waals surface area contributed by atoms with E-state index in [1.807, 2.05) is 30.3 Å². The summed E-state index contributed by atoms with van der Waals surface area (Å²) in [5.41, 5.74) is 3.22. The van der Waals surface area contributed by atoms with Crippen LogP contribution in [0, 0.1) is 0 Å². The minimum Gasteiger partial charge on any atom is -0.459 e.